The van der Waals surface area contributed by atoms with E-state index in [0.717, 1.165) is 0 Å². The summed E-state index contributed by atoms with van der Waals surface area (Å²) >= 11 is 0. The van der Waals surface area contributed by atoms with Gasteiger partial charge in [-0.2, -0.15) is 15.0 Å². The van der Waals surface area contributed by atoms with E-state index in [2.05, 4.69) is 19.7 Å². The molecule has 9 nitrogen and oxygen atoms in total. The highest BCUT2D eigenvalue weighted by Gasteiger charge is 1.93. The zero-order valence-corrected chi connectivity index (χ0v) is 7.12. The van der Waals surface area contributed by atoms with Crippen LogP contribution in [-0.2, 0) is 9.53 Å². The van der Waals surface area contributed by atoms with Crippen molar-refractivity contribution in [3.05, 3.63) is 0 Å². The minimum atomic E-state index is -0.524. The van der Waals surface area contributed by atoms with Crippen molar-refractivity contribution in [3.8, 4) is 0 Å². The molecule has 0 saturated heterocycles. The maximum atomic E-state index is 9.02. The molecule has 9 heteroatoms. The summed E-state index contributed by atoms with van der Waals surface area (Å²) < 4.78 is 3.71. The maximum absolute atomic E-state index is 9.02. The van der Waals surface area contributed by atoms with E-state index in [1.165, 1.54) is 0 Å². The molecule has 78 valence electrons. The number of aliphatic hydroxyl groups excluding tert-OH is 1. The number of hydrogen-bond donors (Lipinski definition) is 4. The molecule has 0 aliphatic carbocycles. The van der Waals surface area contributed by atoms with Crippen molar-refractivity contribution in [3.63, 3.8) is 0 Å². The molecule has 0 fully saturated rings. The standard InChI is InChI=1S/C3H6N6.C2H4O3/c4-1-7-2(5)9-3(6)8-1;3-1-5-2-4/h(H6,4,5,6,7,8,9);1,4H,2H2. The summed E-state index contributed by atoms with van der Waals surface area (Å²) in [5, 5.41) is 7.61. The first kappa shape index (κ1) is 11.8. The molecule has 0 aromatic carbocycles. The molecule has 0 radical (unpaired) electrons. The van der Waals surface area contributed by atoms with Crippen LogP contribution in [0.25, 0.3) is 0 Å². The molecule has 0 aliphatic heterocycles. The Morgan fingerprint density at radius 1 is 1.14 bits per heavy atom. The van der Waals surface area contributed by atoms with Gasteiger partial charge in [-0.1, -0.05) is 0 Å². The second-order valence-corrected chi connectivity index (χ2v) is 1.80. The third-order valence-electron chi connectivity index (χ3n) is 0.830. The lowest BCUT2D eigenvalue weighted by Gasteiger charge is -1.93. The fraction of sp³-hybridized carbons (Fsp3) is 0.200. The van der Waals surface area contributed by atoms with E-state index in [1.54, 1.807) is 0 Å². The zero-order chi connectivity index (χ0) is 11.0. The molecule has 7 N–H and O–H groups in total. The lowest BCUT2D eigenvalue weighted by Crippen LogP contribution is -2.05. The molecule has 1 heterocycles. The van der Waals surface area contributed by atoms with Crippen LogP contribution in [-0.4, -0.2) is 33.3 Å². The number of rotatable bonds is 2. The Kier molecular flexibility index (Phi) is 5.38. The maximum Gasteiger partial charge on any atom is 0.295 e. The Morgan fingerprint density at radius 3 is 1.64 bits per heavy atom. The van der Waals surface area contributed by atoms with Crippen LogP contribution in [0, 0.1) is 0 Å². The molecular formula is C5H10N6O3. The summed E-state index contributed by atoms with van der Waals surface area (Å²) in [6.07, 6.45) is 0. The highest BCUT2D eigenvalue weighted by molar-refractivity contribution is 5.36. The van der Waals surface area contributed by atoms with Gasteiger partial charge in [-0.05, 0) is 0 Å². The van der Waals surface area contributed by atoms with Crippen molar-refractivity contribution in [2.45, 2.75) is 0 Å². The average Bonchev–Trinajstić information content (AvgIpc) is 2.03. The summed E-state index contributed by atoms with van der Waals surface area (Å²) in [5.74, 6) is 0.125. The predicted molar refractivity (Wildman–Crippen MR) is 47.3 cm³/mol. The monoisotopic (exact) mass is 202 g/mol. The number of anilines is 3. The van der Waals surface area contributed by atoms with E-state index < -0.39 is 6.79 Å². The lowest BCUT2D eigenvalue weighted by atomic mass is 10.9. The van der Waals surface area contributed by atoms with Gasteiger partial charge in [0, 0.05) is 0 Å². The molecule has 1 aromatic heterocycles. The Morgan fingerprint density at radius 2 is 1.50 bits per heavy atom. The summed E-state index contributed by atoms with van der Waals surface area (Å²) in [5.41, 5.74) is 15.4. The van der Waals surface area contributed by atoms with E-state index in [4.69, 9.17) is 27.1 Å². The van der Waals surface area contributed by atoms with E-state index >= 15 is 0 Å². The van der Waals surface area contributed by atoms with Crippen molar-refractivity contribution in [1.82, 2.24) is 15.0 Å². The summed E-state index contributed by atoms with van der Waals surface area (Å²) in [6, 6.07) is 0. The van der Waals surface area contributed by atoms with Crippen LogP contribution in [0.4, 0.5) is 17.8 Å². The number of aliphatic hydroxyl groups is 1. The van der Waals surface area contributed by atoms with Crippen molar-refractivity contribution in [2.75, 3.05) is 24.0 Å². The highest BCUT2D eigenvalue weighted by atomic mass is 16.6. The SMILES string of the molecule is Nc1nc(N)nc(N)n1.O=COCO. The number of nitrogens with two attached hydrogens (primary N) is 3. The number of carbonyl (C=O) groups is 1. The Labute approximate surface area is 78.9 Å². The van der Waals surface area contributed by atoms with Gasteiger partial charge in [0.05, 0.1) is 0 Å². The minimum absolute atomic E-state index is 0.0417. The largest absolute Gasteiger partial charge is 0.441 e. The first-order valence-corrected chi connectivity index (χ1v) is 3.28. The van der Waals surface area contributed by atoms with Crippen LogP contribution in [0.3, 0.4) is 0 Å². The van der Waals surface area contributed by atoms with E-state index in [0.29, 0.717) is 0 Å². The average molecular weight is 202 g/mol. The number of nitrogens with zero attached hydrogens (tertiary/aromatic N) is 3. The van der Waals surface area contributed by atoms with E-state index in [9.17, 15) is 0 Å². The van der Waals surface area contributed by atoms with Crippen LogP contribution < -0.4 is 17.2 Å². The van der Waals surface area contributed by atoms with Crippen LogP contribution in [0.15, 0.2) is 0 Å². The van der Waals surface area contributed by atoms with E-state index in [1.807, 2.05) is 0 Å². The molecule has 0 aliphatic rings. The van der Waals surface area contributed by atoms with Crippen LogP contribution >= 0.6 is 0 Å². The normalized spacial score (nSPS) is 8.36. The van der Waals surface area contributed by atoms with Crippen molar-refractivity contribution >= 4 is 24.3 Å². The fourth-order valence-electron chi connectivity index (χ4n) is 0.458. The second-order valence-electron chi connectivity index (χ2n) is 1.80. The molecule has 0 bridgehead atoms. The Bertz CT molecular complexity index is 242. The molecule has 0 spiro atoms. The predicted octanol–water partition coefficient (Wildman–Crippen LogP) is -2.27. The van der Waals surface area contributed by atoms with Crippen LogP contribution in [0.2, 0.25) is 0 Å². The van der Waals surface area contributed by atoms with Gasteiger partial charge < -0.3 is 27.0 Å². The molecule has 14 heavy (non-hydrogen) atoms. The smallest absolute Gasteiger partial charge is 0.295 e. The molecule has 1 rings (SSSR count). The van der Waals surface area contributed by atoms with Gasteiger partial charge in [0.1, 0.15) is 0 Å². The number of hydrogen-bond acceptors (Lipinski definition) is 9. The number of carbonyl (C=O) groups excluding carboxylic acids is 1. The van der Waals surface area contributed by atoms with Gasteiger partial charge >= 0.3 is 0 Å². The van der Waals surface area contributed by atoms with Crippen LogP contribution in [0.1, 0.15) is 0 Å². The zero-order valence-electron chi connectivity index (χ0n) is 7.12. The van der Waals surface area contributed by atoms with Crippen molar-refractivity contribution in [1.29, 1.82) is 0 Å². The first-order valence-electron chi connectivity index (χ1n) is 3.28. The summed E-state index contributed by atoms with van der Waals surface area (Å²) in [4.78, 5) is 19.5. The lowest BCUT2D eigenvalue weighted by molar-refractivity contribution is -0.136. The molecule has 0 atom stereocenters. The Balaban J connectivity index is 0.000000292. The Hall–Kier alpha value is -2.16. The van der Waals surface area contributed by atoms with Crippen molar-refractivity contribution < 1.29 is 14.6 Å². The number of aromatic nitrogens is 3. The topological polar surface area (TPSA) is 163 Å². The summed E-state index contributed by atoms with van der Waals surface area (Å²) in [6.45, 7) is -0.344. The minimum Gasteiger partial charge on any atom is -0.441 e. The second kappa shape index (κ2) is 6.37. The first-order chi connectivity index (χ1) is 6.60. The van der Waals surface area contributed by atoms with Crippen LogP contribution in [0.5, 0.6) is 0 Å². The number of nitrogen functional groups attached to an aromatic ring is 3. The van der Waals surface area contributed by atoms with E-state index in [-0.39, 0.29) is 24.3 Å². The van der Waals surface area contributed by atoms with Gasteiger partial charge in [0.25, 0.3) is 6.47 Å². The molecule has 0 amide bonds. The van der Waals surface area contributed by atoms with Gasteiger partial charge in [-0.3, -0.25) is 4.79 Å². The van der Waals surface area contributed by atoms with Gasteiger partial charge in [-0.25, -0.2) is 0 Å². The molecule has 1 aromatic rings. The third kappa shape index (κ3) is 5.49. The number of ether oxygens (including phenoxy) is 1. The molecular weight excluding hydrogens is 192 g/mol. The third-order valence-corrected chi connectivity index (χ3v) is 0.830. The molecule has 0 unspecified atom stereocenters. The van der Waals surface area contributed by atoms with Crippen molar-refractivity contribution in [2.24, 2.45) is 0 Å². The quantitative estimate of drug-likeness (QED) is 0.305. The fourth-order valence-corrected chi connectivity index (χ4v) is 0.458. The highest BCUT2D eigenvalue weighted by Crippen LogP contribution is 1.97. The van der Waals surface area contributed by atoms with Gasteiger partial charge in [-0.15, -0.1) is 0 Å². The van der Waals surface area contributed by atoms with Gasteiger partial charge in [0.15, 0.2) is 6.79 Å². The summed E-state index contributed by atoms with van der Waals surface area (Å²) in [7, 11) is 0. The molecule has 0 saturated carbocycles. The van der Waals surface area contributed by atoms with Gasteiger partial charge in [0.2, 0.25) is 17.8 Å².